The van der Waals surface area contributed by atoms with E-state index in [1.807, 2.05) is 93.8 Å². The number of pyridine rings is 1. The Balaban J connectivity index is 0.000000797. The van der Waals surface area contributed by atoms with Crippen LogP contribution >= 0.6 is 12.0 Å². The third kappa shape index (κ3) is 10.9. The van der Waals surface area contributed by atoms with E-state index in [9.17, 15) is 9.59 Å². The topological polar surface area (TPSA) is 68.7 Å². The molecule has 2 heterocycles. The van der Waals surface area contributed by atoms with Gasteiger partial charge in [0, 0.05) is 17.3 Å². The molecule has 1 aliphatic rings. The first-order chi connectivity index (χ1) is 20.0. The van der Waals surface area contributed by atoms with E-state index in [0.29, 0.717) is 11.8 Å². The molecule has 0 bridgehead atoms. The monoisotopic (exact) mass is 592 g/mol. The van der Waals surface area contributed by atoms with Crippen LogP contribution in [0.15, 0.2) is 66.7 Å². The first-order valence-corrected chi connectivity index (χ1v) is 16.0. The molecule has 0 N–H and O–H groups in total. The predicted molar refractivity (Wildman–Crippen MR) is 176 cm³/mol. The Morgan fingerprint density at radius 1 is 1.12 bits per heavy atom. The van der Waals surface area contributed by atoms with Crippen LogP contribution in [-0.2, 0) is 26.6 Å². The van der Waals surface area contributed by atoms with E-state index in [4.69, 9.17) is 13.9 Å². The number of hydrogen-bond acceptors (Lipinski definition) is 6. The summed E-state index contributed by atoms with van der Waals surface area (Å²) in [6.45, 7) is 16.9. The van der Waals surface area contributed by atoms with Gasteiger partial charge in [0.25, 0.3) is 0 Å². The van der Waals surface area contributed by atoms with Crippen LogP contribution in [0.2, 0.25) is 0 Å². The summed E-state index contributed by atoms with van der Waals surface area (Å²) in [6, 6.07) is 19.6. The lowest BCUT2D eigenvalue weighted by molar-refractivity contribution is -0.134. The summed E-state index contributed by atoms with van der Waals surface area (Å²) in [5.74, 6) is -0.976. The normalized spacial score (nSPS) is 16.3. The van der Waals surface area contributed by atoms with Crippen molar-refractivity contribution in [1.82, 2.24) is 9.88 Å². The molecule has 2 amide bonds. The van der Waals surface area contributed by atoms with Gasteiger partial charge < -0.3 is 8.92 Å². The molecule has 1 fully saturated rings. The number of cyclic esters (lactones) is 1. The number of imide groups is 1. The average Bonchev–Trinajstić information content (AvgIpc) is 3.32. The Morgan fingerprint density at radius 2 is 1.76 bits per heavy atom. The molecule has 3 atom stereocenters. The summed E-state index contributed by atoms with van der Waals surface area (Å²) in [7, 11) is 0. The Hall–Kier alpha value is -3.16. The van der Waals surface area contributed by atoms with Gasteiger partial charge in [-0.3, -0.25) is 9.78 Å². The molecule has 7 heteroatoms. The highest BCUT2D eigenvalue weighted by Crippen LogP contribution is 2.25. The largest absolute Gasteiger partial charge is 0.447 e. The van der Waals surface area contributed by atoms with Gasteiger partial charge >= 0.3 is 6.09 Å². The van der Waals surface area contributed by atoms with Gasteiger partial charge in [0.2, 0.25) is 5.91 Å². The molecule has 2 unspecified atom stereocenters. The molecule has 4 rings (SSSR count). The highest BCUT2D eigenvalue weighted by molar-refractivity contribution is 7.93. The maximum absolute atomic E-state index is 13.7. The lowest BCUT2D eigenvalue weighted by Gasteiger charge is -2.26. The number of hydrogen-bond donors (Lipinski definition) is 0. The molecule has 0 aliphatic carbocycles. The highest BCUT2D eigenvalue weighted by atomic mass is 32.2. The lowest BCUT2D eigenvalue weighted by Crippen LogP contribution is -2.45. The van der Waals surface area contributed by atoms with E-state index in [2.05, 4.69) is 40.7 Å². The second-order valence-corrected chi connectivity index (χ2v) is 12.1. The zero-order valence-electron chi connectivity index (χ0n) is 26.7. The van der Waals surface area contributed by atoms with E-state index in [0.717, 1.165) is 34.1 Å². The van der Waals surface area contributed by atoms with Gasteiger partial charge in [-0.05, 0) is 60.5 Å². The molecule has 6 nitrogen and oxygen atoms in total. The molecule has 1 aromatic heterocycles. The number of carbonyl (C=O) groups excluding carboxylic acids is 2. The van der Waals surface area contributed by atoms with Crippen LogP contribution in [-0.4, -0.2) is 46.9 Å². The van der Waals surface area contributed by atoms with Gasteiger partial charge in [0.05, 0.1) is 23.6 Å². The lowest BCUT2D eigenvalue weighted by atomic mass is 9.98. The van der Waals surface area contributed by atoms with Gasteiger partial charge in [-0.1, -0.05) is 109 Å². The van der Waals surface area contributed by atoms with Crippen molar-refractivity contribution in [3.05, 3.63) is 83.6 Å². The first-order valence-electron chi connectivity index (χ1n) is 14.8. The molecule has 0 radical (unpaired) electrons. The molecular weight excluding hydrogens is 544 g/mol. The van der Waals surface area contributed by atoms with Gasteiger partial charge in [-0.2, -0.15) is 0 Å². The van der Waals surface area contributed by atoms with Crippen molar-refractivity contribution >= 4 is 41.0 Å². The number of aromatic nitrogens is 1. The quantitative estimate of drug-likeness (QED) is 0.231. The van der Waals surface area contributed by atoms with E-state index in [1.54, 1.807) is 0 Å². The summed E-state index contributed by atoms with van der Waals surface area (Å²) in [5, 5.41) is 1.06. The Morgan fingerprint density at radius 3 is 2.38 bits per heavy atom. The predicted octanol–water partition coefficient (Wildman–Crippen LogP) is 8.78. The molecule has 228 valence electrons. The first kappa shape index (κ1) is 35.0. The van der Waals surface area contributed by atoms with Crippen molar-refractivity contribution in [1.29, 1.82) is 0 Å². The maximum Gasteiger partial charge on any atom is 0.417 e. The summed E-state index contributed by atoms with van der Waals surface area (Å²) in [5.41, 5.74) is 4.42. The van der Waals surface area contributed by atoms with Gasteiger partial charge in [-0.15, -0.1) is 0 Å². The minimum Gasteiger partial charge on any atom is -0.447 e. The Labute approximate surface area is 257 Å². The molecule has 3 aromatic rings. The van der Waals surface area contributed by atoms with E-state index >= 15 is 0 Å². The minimum atomic E-state index is -0.656. The third-order valence-electron chi connectivity index (χ3n) is 6.18. The summed E-state index contributed by atoms with van der Waals surface area (Å²) < 4.78 is 11.0. The SMILES string of the molecule is CC.CC(C)(C)C.CCc1ccc2ccc(/C=C/[C@@H](C(=O)N3C(=O)OCC3Cc3ccccc3)C(C)OSC)cc2n1. The number of amides is 2. The van der Waals surface area contributed by atoms with Crippen LogP contribution in [0.4, 0.5) is 4.79 Å². The zero-order valence-corrected chi connectivity index (χ0v) is 27.5. The van der Waals surface area contributed by atoms with Crippen molar-refractivity contribution in [3.8, 4) is 0 Å². The molecule has 2 aromatic carbocycles. The summed E-state index contributed by atoms with van der Waals surface area (Å²) >= 11 is 1.20. The Kier molecular flexibility index (Phi) is 14.2. The summed E-state index contributed by atoms with van der Waals surface area (Å²) in [6.07, 6.45) is 5.90. The molecule has 0 saturated carbocycles. The van der Waals surface area contributed by atoms with Gasteiger partial charge in [0.15, 0.2) is 0 Å². The van der Waals surface area contributed by atoms with Crippen LogP contribution in [0.3, 0.4) is 0 Å². The maximum atomic E-state index is 13.7. The fraction of sp³-hybridized carbons (Fsp3) is 0.457. The van der Waals surface area contributed by atoms with Crippen molar-refractivity contribution in [3.63, 3.8) is 0 Å². The molecule has 1 saturated heterocycles. The van der Waals surface area contributed by atoms with Gasteiger partial charge in [-0.25, -0.2) is 9.69 Å². The molecule has 1 aliphatic heterocycles. The molecule has 0 spiro atoms. The highest BCUT2D eigenvalue weighted by Gasteiger charge is 2.41. The second kappa shape index (κ2) is 17.1. The minimum absolute atomic E-state index is 0.184. The average molecular weight is 593 g/mol. The van der Waals surface area contributed by atoms with Gasteiger partial charge in [0.1, 0.15) is 6.61 Å². The molecular formula is C35H48N2O4S. The fourth-order valence-electron chi connectivity index (χ4n) is 4.27. The van der Waals surface area contributed by atoms with E-state index in [1.165, 1.54) is 16.9 Å². The fourth-order valence-corrected chi connectivity index (χ4v) is 4.69. The number of nitrogens with zero attached hydrogens (tertiary/aromatic N) is 2. The smallest absolute Gasteiger partial charge is 0.417 e. The summed E-state index contributed by atoms with van der Waals surface area (Å²) in [4.78, 5) is 32.2. The zero-order chi connectivity index (χ0) is 31.3. The van der Waals surface area contributed by atoms with E-state index in [-0.39, 0.29) is 18.6 Å². The molecule has 42 heavy (non-hydrogen) atoms. The number of ether oxygens (including phenoxy) is 1. The number of rotatable bonds is 9. The van der Waals surface area contributed by atoms with E-state index < -0.39 is 18.1 Å². The Bertz CT molecular complexity index is 1300. The van der Waals surface area contributed by atoms with Crippen LogP contribution in [0.25, 0.3) is 17.0 Å². The van der Waals surface area contributed by atoms with Crippen LogP contribution in [0.5, 0.6) is 0 Å². The van der Waals surface area contributed by atoms with Crippen LogP contribution in [0.1, 0.15) is 72.2 Å². The van der Waals surface area contributed by atoms with Crippen LogP contribution < -0.4 is 0 Å². The number of carbonyl (C=O) groups is 2. The van der Waals surface area contributed by atoms with Crippen molar-refractivity contribution in [2.75, 3.05) is 12.9 Å². The number of aryl methyl sites for hydroxylation is 1. The number of benzene rings is 2. The standard InChI is InChI=1S/C28H30N2O4S.C5H12.C2H6/c1-4-23-14-13-22-12-10-21(17-26(22)29-23)11-15-25(19(2)34-35-3)27(31)30-24(18-33-28(30)32)16-20-8-6-5-7-9-20;1-5(2,3)4;1-2/h5-15,17,19,24-25H,4,16,18H2,1-3H3;1-4H3;1-2H3/b15-11+;;/t19?,24?,25-;;/m1../s1. The number of fused-ring (bicyclic) bond motifs is 1. The van der Waals surface area contributed by atoms with Crippen LogP contribution in [0, 0.1) is 11.3 Å². The third-order valence-corrected chi connectivity index (χ3v) is 6.68. The van der Waals surface area contributed by atoms with Crippen molar-refractivity contribution < 1.29 is 18.5 Å². The van der Waals surface area contributed by atoms with Crippen molar-refractivity contribution in [2.24, 2.45) is 11.3 Å². The second-order valence-electron chi connectivity index (χ2n) is 11.6. The van der Waals surface area contributed by atoms with Crippen molar-refractivity contribution in [2.45, 2.75) is 80.4 Å².